The van der Waals surface area contributed by atoms with E-state index in [4.69, 9.17) is 4.42 Å². The van der Waals surface area contributed by atoms with E-state index in [-0.39, 0.29) is 0 Å². The van der Waals surface area contributed by atoms with Crippen LogP contribution in [0.15, 0.2) is 34.7 Å². The third-order valence-electron chi connectivity index (χ3n) is 3.46. The molecule has 0 unspecified atom stereocenters. The maximum Gasteiger partial charge on any atom is 0.134 e. The molecular weight excluding hydrogens is 226 g/mol. The first-order valence-corrected chi connectivity index (χ1v) is 6.46. The number of hydrazine groups is 1. The molecule has 1 aliphatic heterocycles. The van der Waals surface area contributed by atoms with E-state index in [1.807, 2.05) is 18.2 Å². The van der Waals surface area contributed by atoms with Gasteiger partial charge in [-0.15, -0.1) is 0 Å². The van der Waals surface area contributed by atoms with Gasteiger partial charge in [-0.05, 0) is 19.2 Å². The van der Waals surface area contributed by atoms with Gasteiger partial charge in [0.1, 0.15) is 11.3 Å². The summed E-state index contributed by atoms with van der Waals surface area (Å²) in [5.41, 5.74) is 4.40. The van der Waals surface area contributed by atoms with Gasteiger partial charge in [-0.2, -0.15) is 0 Å². The SMILES string of the molecule is CN1CCN(NCc2cc3ccccc3o2)CC1. The molecule has 1 aromatic carbocycles. The second kappa shape index (κ2) is 5.10. The Labute approximate surface area is 107 Å². The minimum Gasteiger partial charge on any atom is -0.460 e. The Morgan fingerprint density at radius 1 is 1.17 bits per heavy atom. The Balaban J connectivity index is 1.59. The smallest absolute Gasteiger partial charge is 0.134 e. The number of piperazine rings is 1. The molecule has 1 saturated heterocycles. The highest BCUT2D eigenvalue weighted by Gasteiger charge is 2.13. The van der Waals surface area contributed by atoms with Crippen molar-refractivity contribution < 1.29 is 4.42 Å². The Hall–Kier alpha value is -1.36. The molecule has 0 saturated carbocycles. The van der Waals surface area contributed by atoms with Gasteiger partial charge in [-0.1, -0.05) is 18.2 Å². The number of rotatable bonds is 3. The molecule has 0 radical (unpaired) electrons. The zero-order valence-electron chi connectivity index (χ0n) is 10.7. The topological polar surface area (TPSA) is 31.6 Å². The van der Waals surface area contributed by atoms with Gasteiger partial charge in [0, 0.05) is 31.6 Å². The molecule has 4 heteroatoms. The monoisotopic (exact) mass is 245 g/mol. The van der Waals surface area contributed by atoms with E-state index in [0.29, 0.717) is 0 Å². The Kier molecular flexibility index (Phi) is 3.32. The molecule has 96 valence electrons. The van der Waals surface area contributed by atoms with Gasteiger partial charge in [-0.3, -0.25) is 0 Å². The molecule has 2 aromatic rings. The number of fused-ring (bicyclic) bond motifs is 1. The lowest BCUT2D eigenvalue weighted by Crippen LogP contribution is -2.50. The number of furan rings is 1. The van der Waals surface area contributed by atoms with Gasteiger partial charge in [0.05, 0.1) is 6.54 Å². The highest BCUT2D eigenvalue weighted by Crippen LogP contribution is 2.18. The number of likely N-dealkylation sites (N-methyl/N-ethyl adjacent to an activating group) is 1. The first-order valence-electron chi connectivity index (χ1n) is 6.46. The van der Waals surface area contributed by atoms with Crippen LogP contribution in [0.2, 0.25) is 0 Å². The maximum absolute atomic E-state index is 5.78. The van der Waals surface area contributed by atoms with Crippen LogP contribution in [0, 0.1) is 0 Å². The normalized spacial score (nSPS) is 18.5. The van der Waals surface area contributed by atoms with E-state index in [1.54, 1.807) is 0 Å². The van der Waals surface area contributed by atoms with Crippen molar-refractivity contribution in [3.63, 3.8) is 0 Å². The van der Waals surface area contributed by atoms with Gasteiger partial charge in [0.15, 0.2) is 0 Å². The summed E-state index contributed by atoms with van der Waals surface area (Å²) < 4.78 is 5.78. The van der Waals surface area contributed by atoms with Crippen molar-refractivity contribution in [1.82, 2.24) is 15.3 Å². The Morgan fingerprint density at radius 2 is 1.94 bits per heavy atom. The number of para-hydroxylation sites is 1. The fourth-order valence-corrected chi connectivity index (χ4v) is 2.28. The third kappa shape index (κ3) is 2.56. The molecule has 0 amide bonds. The Morgan fingerprint density at radius 3 is 2.72 bits per heavy atom. The molecule has 2 heterocycles. The second-order valence-electron chi connectivity index (χ2n) is 4.88. The molecule has 0 bridgehead atoms. The van der Waals surface area contributed by atoms with Crippen LogP contribution >= 0.6 is 0 Å². The third-order valence-corrected chi connectivity index (χ3v) is 3.46. The van der Waals surface area contributed by atoms with Gasteiger partial charge in [0.25, 0.3) is 0 Å². The first-order chi connectivity index (χ1) is 8.81. The predicted molar refractivity (Wildman–Crippen MR) is 72.1 cm³/mol. The maximum atomic E-state index is 5.78. The quantitative estimate of drug-likeness (QED) is 0.891. The number of nitrogens with zero attached hydrogens (tertiary/aromatic N) is 2. The fourth-order valence-electron chi connectivity index (χ4n) is 2.28. The predicted octanol–water partition coefficient (Wildman–Crippen LogP) is 1.68. The molecule has 3 rings (SSSR count). The lowest BCUT2D eigenvalue weighted by molar-refractivity contribution is 0.0993. The average molecular weight is 245 g/mol. The van der Waals surface area contributed by atoms with Crippen molar-refractivity contribution in [1.29, 1.82) is 0 Å². The molecule has 0 atom stereocenters. The molecule has 0 aliphatic carbocycles. The average Bonchev–Trinajstić information content (AvgIpc) is 2.81. The number of hydrogen-bond donors (Lipinski definition) is 1. The molecule has 4 nitrogen and oxygen atoms in total. The van der Waals surface area contributed by atoms with Crippen LogP contribution in [0.3, 0.4) is 0 Å². The molecule has 1 aliphatic rings. The van der Waals surface area contributed by atoms with Crippen molar-refractivity contribution >= 4 is 11.0 Å². The van der Waals surface area contributed by atoms with Crippen LogP contribution < -0.4 is 5.43 Å². The second-order valence-corrected chi connectivity index (χ2v) is 4.88. The summed E-state index contributed by atoms with van der Waals surface area (Å²) in [6, 6.07) is 10.2. The van der Waals surface area contributed by atoms with Gasteiger partial charge >= 0.3 is 0 Å². The highest BCUT2D eigenvalue weighted by atomic mass is 16.3. The van der Waals surface area contributed by atoms with Crippen molar-refractivity contribution in [2.75, 3.05) is 33.2 Å². The summed E-state index contributed by atoms with van der Waals surface area (Å²) in [4.78, 5) is 2.35. The zero-order valence-corrected chi connectivity index (χ0v) is 10.7. The summed E-state index contributed by atoms with van der Waals surface area (Å²) in [5, 5.41) is 3.44. The van der Waals surface area contributed by atoms with Crippen molar-refractivity contribution in [3.8, 4) is 0 Å². The number of nitrogens with one attached hydrogen (secondary N) is 1. The zero-order chi connectivity index (χ0) is 12.4. The minimum absolute atomic E-state index is 0.762. The van der Waals surface area contributed by atoms with Crippen LogP contribution in [-0.2, 0) is 6.54 Å². The molecule has 1 aromatic heterocycles. The van der Waals surface area contributed by atoms with E-state index in [2.05, 4.69) is 34.5 Å². The highest BCUT2D eigenvalue weighted by molar-refractivity contribution is 5.77. The number of hydrogen-bond acceptors (Lipinski definition) is 4. The van der Waals surface area contributed by atoms with E-state index < -0.39 is 0 Å². The lowest BCUT2D eigenvalue weighted by Gasteiger charge is -2.32. The summed E-state index contributed by atoms with van der Waals surface area (Å²) in [6.07, 6.45) is 0. The van der Waals surface area contributed by atoms with Gasteiger partial charge in [0.2, 0.25) is 0 Å². The first kappa shape index (κ1) is 11.7. The molecular formula is C14H19N3O. The largest absolute Gasteiger partial charge is 0.460 e. The molecule has 0 spiro atoms. The fraction of sp³-hybridized carbons (Fsp3) is 0.429. The van der Waals surface area contributed by atoms with Crippen molar-refractivity contribution in [2.45, 2.75) is 6.54 Å². The summed E-state index contributed by atoms with van der Waals surface area (Å²) in [7, 11) is 2.16. The standard InChI is InChI=1S/C14H19N3O/c1-16-6-8-17(9-7-16)15-11-13-10-12-4-2-3-5-14(12)18-13/h2-5,10,15H,6-9,11H2,1H3. The van der Waals surface area contributed by atoms with Crippen molar-refractivity contribution in [3.05, 3.63) is 36.1 Å². The Bertz CT molecular complexity index is 481. The van der Waals surface area contributed by atoms with E-state index in [9.17, 15) is 0 Å². The van der Waals surface area contributed by atoms with Crippen LogP contribution in [0.25, 0.3) is 11.0 Å². The van der Waals surface area contributed by atoms with Crippen molar-refractivity contribution in [2.24, 2.45) is 0 Å². The van der Waals surface area contributed by atoms with Crippen LogP contribution in [-0.4, -0.2) is 43.1 Å². The summed E-state index contributed by atoms with van der Waals surface area (Å²) in [5.74, 6) is 0.995. The molecule has 1 N–H and O–H groups in total. The van der Waals surface area contributed by atoms with E-state index >= 15 is 0 Å². The molecule has 18 heavy (non-hydrogen) atoms. The molecule has 1 fully saturated rings. The van der Waals surface area contributed by atoms with E-state index in [0.717, 1.165) is 44.1 Å². The minimum atomic E-state index is 0.762. The summed E-state index contributed by atoms with van der Waals surface area (Å²) >= 11 is 0. The number of benzene rings is 1. The van der Waals surface area contributed by atoms with Crippen LogP contribution in [0.4, 0.5) is 0 Å². The van der Waals surface area contributed by atoms with E-state index in [1.165, 1.54) is 5.39 Å². The summed E-state index contributed by atoms with van der Waals surface area (Å²) in [6.45, 7) is 5.13. The van der Waals surface area contributed by atoms with Gasteiger partial charge in [-0.25, -0.2) is 10.4 Å². The van der Waals surface area contributed by atoms with Crippen LogP contribution in [0.1, 0.15) is 5.76 Å². The van der Waals surface area contributed by atoms with Gasteiger partial charge < -0.3 is 9.32 Å². The van der Waals surface area contributed by atoms with Crippen LogP contribution in [0.5, 0.6) is 0 Å². The lowest BCUT2D eigenvalue weighted by atomic mass is 10.2.